The molecule has 2 aromatic rings. The average Bonchev–Trinajstić information content (AvgIpc) is 2.74. The van der Waals surface area contributed by atoms with E-state index in [1.54, 1.807) is 42.5 Å². The third kappa shape index (κ3) is 6.04. The van der Waals surface area contributed by atoms with Gasteiger partial charge in [-0.05, 0) is 24.3 Å². The Bertz CT molecular complexity index is 864. The SMILES string of the molecule is COc1ccc(C(OC(C)=O)C(COC(C)=O)Oc2ccccc2OC)cc1OC. The standard InChI is InChI=1S/C22H26O8/c1-14(23)28-13-21(30-19-9-7-6-8-17(19)25-3)22(29-15(2)24)16-10-11-18(26-4)20(12-16)27-5/h6-12,21-22H,13H2,1-5H3. The molecule has 2 unspecified atom stereocenters. The van der Waals surface area contributed by atoms with Crippen molar-refractivity contribution in [3.8, 4) is 23.0 Å². The van der Waals surface area contributed by atoms with Crippen molar-refractivity contribution >= 4 is 11.9 Å². The maximum atomic E-state index is 11.9. The molecule has 0 radical (unpaired) electrons. The number of esters is 2. The number of hydrogen-bond donors (Lipinski definition) is 0. The molecule has 0 N–H and O–H groups in total. The fraction of sp³-hybridized carbons (Fsp3) is 0.364. The predicted molar refractivity (Wildman–Crippen MR) is 108 cm³/mol. The lowest BCUT2D eigenvalue weighted by Crippen LogP contribution is -2.34. The largest absolute Gasteiger partial charge is 0.493 e. The van der Waals surface area contributed by atoms with Crippen molar-refractivity contribution in [3.63, 3.8) is 0 Å². The summed E-state index contributed by atoms with van der Waals surface area (Å²) in [5.74, 6) is 0.860. The van der Waals surface area contributed by atoms with Crippen LogP contribution in [0.25, 0.3) is 0 Å². The van der Waals surface area contributed by atoms with E-state index in [1.165, 1.54) is 35.2 Å². The first-order chi connectivity index (χ1) is 14.4. The van der Waals surface area contributed by atoms with E-state index in [4.69, 9.17) is 28.4 Å². The minimum atomic E-state index is -0.897. The van der Waals surface area contributed by atoms with Crippen molar-refractivity contribution in [2.75, 3.05) is 27.9 Å². The van der Waals surface area contributed by atoms with Crippen LogP contribution in [-0.4, -0.2) is 46.0 Å². The Morgan fingerprint density at radius 3 is 1.97 bits per heavy atom. The van der Waals surface area contributed by atoms with Crippen LogP contribution in [0.2, 0.25) is 0 Å². The second kappa shape index (κ2) is 10.9. The van der Waals surface area contributed by atoms with Gasteiger partial charge in [-0.25, -0.2) is 0 Å². The Balaban J connectivity index is 2.47. The maximum absolute atomic E-state index is 11.9. The van der Waals surface area contributed by atoms with Crippen molar-refractivity contribution in [2.24, 2.45) is 0 Å². The van der Waals surface area contributed by atoms with Gasteiger partial charge in [-0.15, -0.1) is 0 Å². The molecule has 2 rings (SSSR count). The van der Waals surface area contributed by atoms with Crippen LogP contribution in [0.5, 0.6) is 23.0 Å². The van der Waals surface area contributed by atoms with Gasteiger partial charge in [-0.3, -0.25) is 9.59 Å². The molecule has 0 aliphatic rings. The zero-order valence-corrected chi connectivity index (χ0v) is 17.7. The zero-order chi connectivity index (χ0) is 22.1. The molecule has 0 aliphatic carbocycles. The Morgan fingerprint density at radius 1 is 0.800 bits per heavy atom. The number of methoxy groups -OCH3 is 3. The highest BCUT2D eigenvalue weighted by molar-refractivity contribution is 5.67. The second-order valence-corrected chi connectivity index (χ2v) is 6.25. The van der Waals surface area contributed by atoms with Crippen LogP contribution in [0.4, 0.5) is 0 Å². The Labute approximate surface area is 175 Å². The van der Waals surface area contributed by atoms with E-state index in [9.17, 15) is 9.59 Å². The van der Waals surface area contributed by atoms with Gasteiger partial charge in [-0.2, -0.15) is 0 Å². The molecule has 30 heavy (non-hydrogen) atoms. The van der Waals surface area contributed by atoms with Crippen LogP contribution in [0.15, 0.2) is 42.5 Å². The van der Waals surface area contributed by atoms with Crippen molar-refractivity contribution in [2.45, 2.75) is 26.1 Å². The molecule has 0 aromatic heterocycles. The van der Waals surface area contributed by atoms with E-state index >= 15 is 0 Å². The minimum Gasteiger partial charge on any atom is -0.493 e. The van der Waals surface area contributed by atoms with E-state index in [1.807, 2.05) is 0 Å². The van der Waals surface area contributed by atoms with Crippen LogP contribution in [-0.2, 0) is 19.1 Å². The molecule has 0 heterocycles. The van der Waals surface area contributed by atoms with Crippen LogP contribution < -0.4 is 18.9 Å². The van der Waals surface area contributed by atoms with E-state index in [2.05, 4.69) is 0 Å². The smallest absolute Gasteiger partial charge is 0.303 e. The van der Waals surface area contributed by atoms with Gasteiger partial charge in [0.15, 0.2) is 35.2 Å². The molecule has 0 fully saturated rings. The molecule has 0 saturated carbocycles. The fourth-order valence-electron chi connectivity index (χ4n) is 2.83. The van der Waals surface area contributed by atoms with Gasteiger partial charge in [0.05, 0.1) is 21.3 Å². The monoisotopic (exact) mass is 418 g/mol. The van der Waals surface area contributed by atoms with Gasteiger partial charge in [0.2, 0.25) is 0 Å². The number of para-hydroxylation sites is 2. The van der Waals surface area contributed by atoms with Crippen LogP contribution in [0.1, 0.15) is 25.5 Å². The highest BCUT2D eigenvalue weighted by atomic mass is 16.6. The molecule has 0 saturated heterocycles. The number of hydrogen-bond acceptors (Lipinski definition) is 8. The Hall–Kier alpha value is -3.42. The van der Waals surface area contributed by atoms with Gasteiger partial charge >= 0.3 is 11.9 Å². The second-order valence-electron chi connectivity index (χ2n) is 6.25. The average molecular weight is 418 g/mol. The van der Waals surface area contributed by atoms with Gasteiger partial charge in [0.25, 0.3) is 0 Å². The molecule has 162 valence electrons. The lowest BCUT2D eigenvalue weighted by Gasteiger charge is -2.28. The van der Waals surface area contributed by atoms with Gasteiger partial charge in [0.1, 0.15) is 6.61 Å². The lowest BCUT2D eigenvalue weighted by atomic mass is 10.0. The highest BCUT2D eigenvalue weighted by Gasteiger charge is 2.31. The normalized spacial score (nSPS) is 12.3. The van der Waals surface area contributed by atoms with Crippen LogP contribution in [0.3, 0.4) is 0 Å². The summed E-state index contributed by atoms with van der Waals surface area (Å²) in [7, 11) is 4.54. The molecular formula is C22H26O8. The van der Waals surface area contributed by atoms with Crippen molar-refractivity contribution < 1.29 is 38.0 Å². The first-order valence-corrected chi connectivity index (χ1v) is 9.21. The van der Waals surface area contributed by atoms with Gasteiger partial charge in [0, 0.05) is 19.4 Å². The fourth-order valence-corrected chi connectivity index (χ4v) is 2.83. The Morgan fingerprint density at radius 2 is 1.40 bits per heavy atom. The number of carbonyl (C=O) groups is 2. The lowest BCUT2D eigenvalue weighted by molar-refractivity contribution is -0.157. The highest BCUT2D eigenvalue weighted by Crippen LogP contribution is 2.35. The van der Waals surface area contributed by atoms with Gasteiger partial charge in [-0.1, -0.05) is 18.2 Å². The topological polar surface area (TPSA) is 89.5 Å². The molecule has 0 amide bonds. The predicted octanol–water partition coefficient (Wildman–Crippen LogP) is 3.33. The molecule has 2 atom stereocenters. The number of carbonyl (C=O) groups excluding carboxylic acids is 2. The minimum absolute atomic E-state index is 0.153. The molecule has 0 aliphatic heterocycles. The third-order valence-electron chi connectivity index (χ3n) is 4.17. The number of benzene rings is 2. The van der Waals surface area contributed by atoms with E-state index in [-0.39, 0.29) is 6.61 Å². The van der Waals surface area contributed by atoms with E-state index < -0.39 is 24.1 Å². The molecule has 0 bridgehead atoms. The van der Waals surface area contributed by atoms with E-state index in [0.29, 0.717) is 28.6 Å². The first-order valence-electron chi connectivity index (χ1n) is 9.21. The summed E-state index contributed by atoms with van der Waals surface area (Å²) < 4.78 is 32.8. The quantitative estimate of drug-likeness (QED) is 0.543. The summed E-state index contributed by atoms with van der Waals surface area (Å²) in [5.41, 5.74) is 0.579. The van der Waals surface area contributed by atoms with Crippen molar-refractivity contribution in [1.82, 2.24) is 0 Å². The van der Waals surface area contributed by atoms with E-state index in [0.717, 1.165) is 0 Å². The summed E-state index contributed by atoms with van der Waals surface area (Å²) in [6, 6.07) is 12.1. The number of rotatable bonds is 10. The Kier molecular flexibility index (Phi) is 8.34. The van der Waals surface area contributed by atoms with Crippen molar-refractivity contribution in [3.05, 3.63) is 48.0 Å². The summed E-state index contributed by atoms with van der Waals surface area (Å²) in [6.07, 6.45) is -1.75. The maximum Gasteiger partial charge on any atom is 0.303 e. The molecule has 2 aromatic carbocycles. The number of ether oxygens (including phenoxy) is 6. The first kappa shape index (κ1) is 22.9. The summed E-state index contributed by atoms with van der Waals surface area (Å²) in [5, 5.41) is 0. The molecular weight excluding hydrogens is 392 g/mol. The summed E-state index contributed by atoms with van der Waals surface area (Å²) >= 11 is 0. The zero-order valence-electron chi connectivity index (χ0n) is 17.7. The third-order valence-corrected chi connectivity index (χ3v) is 4.17. The van der Waals surface area contributed by atoms with Crippen LogP contribution >= 0.6 is 0 Å². The molecule has 8 nitrogen and oxygen atoms in total. The van der Waals surface area contributed by atoms with Crippen molar-refractivity contribution in [1.29, 1.82) is 0 Å². The summed E-state index contributed by atoms with van der Waals surface area (Å²) in [4.78, 5) is 23.3. The van der Waals surface area contributed by atoms with Crippen LogP contribution in [0, 0.1) is 0 Å². The van der Waals surface area contributed by atoms with Gasteiger partial charge < -0.3 is 28.4 Å². The molecule has 0 spiro atoms. The summed E-state index contributed by atoms with van der Waals surface area (Å²) in [6.45, 7) is 2.43. The molecule has 8 heteroatoms.